The van der Waals surface area contributed by atoms with Crippen LogP contribution in [0, 0.1) is 0 Å². The number of hydrogen-bond acceptors (Lipinski definition) is 5. The number of benzene rings is 1. The summed E-state index contributed by atoms with van der Waals surface area (Å²) in [6.45, 7) is 4.72. The Morgan fingerprint density at radius 1 is 1.36 bits per heavy atom. The molecule has 0 unspecified atom stereocenters. The van der Waals surface area contributed by atoms with Crippen LogP contribution >= 0.6 is 24.0 Å². The molecule has 0 fully saturated rings. The molecule has 0 aliphatic rings. The smallest absolute Gasteiger partial charge is 0.257 e. The van der Waals surface area contributed by atoms with Crippen LogP contribution in [0.15, 0.2) is 17.0 Å². The summed E-state index contributed by atoms with van der Waals surface area (Å²) in [5, 5.41) is 3.25. The highest BCUT2D eigenvalue weighted by molar-refractivity contribution is 7.89. The van der Waals surface area contributed by atoms with E-state index in [2.05, 4.69) is 10.0 Å². The van der Waals surface area contributed by atoms with Crippen molar-refractivity contribution >= 4 is 39.9 Å². The lowest BCUT2D eigenvalue weighted by Crippen LogP contribution is -2.39. The van der Waals surface area contributed by atoms with Gasteiger partial charge in [-0.1, -0.05) is 18.5 Å². The van der Waals surface area contributed by atoms with E-state index >= 15 is 0 Å². The van der Waals surface area contributed by atoms with Gasteiger partial charge in [-0.05, 0) is 25.6 Å². The molecule has 1 amide bonds. The number of nitrogens with zero attached hydrogens (tertiary/aromatic N) is 1. The first kappa shape index (κ1) is 23.9. The van der Waals surface area contributed by atoms with Crippen LogP contribution in [0.4, 0.5) is 0 Å². The zero-order chi connectivity index (χ0) is 18.5. The Morgan fingerprint density at radius 3 is 2.44 bits per heavy atom. The number of methoxy groups -OCH3 is 1. The highest BCUT2D eigenvalue weighted by Gasteiger charge is 2.26. The average molecular weight is 414 g/mol. The van der Waals surface area contributed by atoms with Gasteiger partial charge >= 0.3 is 0 Å². The fraction of sp³-hybridized carbons (Fsp3) is 0.533. The molecule has 2 N–H and O–H groups in total. The van der Waals surface area contributed by atoms with Crippen LogP contribution in [-0.4, -0.2) is 59.6 Å². The first-order chi connectivity index (χ1) is 11.1. The maximum Gasteiger partial charge on any atom is 0.257 e. The van der Waals surface area contributed by atoms with E-state index in [4.69, 9.17) is 16.3 Å². The predicted octanol–water partition coefficient (Wildman–Crippen LogP) is 1.75. The summed E-state index contributed by atoms with van der Waals surface area (Å²) in [5.41, 5.74) is 0.0927. The monoisotopic (exact) mass is 413 g/mol. The van der Waals surface area contributed by atoms with Gasteiger partial charge in [0.05, 0.1) is 12.7 Å². The van der Waals surface area contributed by atoms with Crippen LogP contribution < -0.4 is 14.8 Å². The molecule has 0 heterocycles. The lowest BCUT2D eigenvalue weighted by atomic mass is 10.2. The van der Waals surface area contributed by atoms with Crippen molar-refractivity contribution in [2.45, 2.75) is 24.8 Å². The molecule has 0 saturated carbocycles. The summed E-state index contributed by atoms with van der Waals surface area (Å²) in [5.74, 6) is -0.423. The van der Waals surface area contributed by atoms with Crippen LogP contribution in [0.25, 0.3) is 0 Å². The molecule has 0 aromatic heterocycles. The second-order valence-electron chi connectivity index (χ2n) is 5.49. The van der Waals surface area contributed by atoms with Crippen LogP contribution in [0.3, 0.4) is 0 Å². The summed E-state index contributed by atoms with van der Waals surface area (Å²) in [7, 11) is 0.550. The SMILES string of the molecule is CCN[C@H](C)CNS(=O)(=O)c1cc(Cl)cc(C(=O)N(C)C)c1OC.Cl. The van der Waals surface area contributed by atoms with Crippen LogP contribution in [0.5, 0.6) is 5.75 Å². The van der Waals surface area contributed by atoms with Gasteiger partial charge in [-0.25, -0.2) is 13.1 Å². The van der Waals surface area contributed by atoms with Gasteiger partial charge in [-0.15, -0.1) is 12.4 Å². The van der Waals surface area contributed by atoms with Gasteiger partial charge in [0.1, 0.15) is 4.90 Å². The van der Waals surface area contributed by atoms with Crippen molar-refractivity contribution in [3.63, 3.8) is 0 Å². The minimum absolute atomic E-state index is 0. The minimum Gasteiger partial charge on any atom is -0.494 e. The van der Waals surface area contributed by atoms with Crippen LogP contribution in [0.1, 0.15) is 24.2 Å². The van der Waals surface area contributed by atoms with E-state index in [-0.39, 0.29) is 46.2 Å². The van der Waals surface area contributed by atoms with Crippen molar-refractivity contribution in [1.29, 1.82) is 0 Å². The van der Waals surface area contributed by atoms with Crippen molar-refractivity contribution in [2.24, 2.45) is 0 Å². The fourth-order valence-corrected chi connectivity index (χ4v) is 3.74. The molecule has 0 radical (unpaired) electrons. The zero-order valence-corrected chi connectivity index (χ0v) is 17.3. The maximum atomic E-state index is 12.6. The molecule has 0 bridgehead atoms. The molecule has 0 saturated heterocycles. The van der Waals surface area contributed by atoms with Gasteiger partial charge in [0.2, 0.25) is 10.0 Å². The highest BCUT2D eigenvalue weighted by Crippen LogP contribution is 2.32. The Balaban J connectivity index is 0.00000576. The fourth-order valence-electron chi connectivity index (χ4n) is 2.11. The third-order valence-electron chi connectivity index (χ3n) is 3.28. The van der Waals surface area contributed by atoms with Crippen LogP contribution in [-0.2, 0) is 10.0 Å². The molecule has 1 rings (SSSR count). The van der Waals surface area contributed by atoms with Crippen molar-refractivity contribution < 1.29 is 17.9 Å². The first-order valence-corrected chi connectivity index (χ1v) is 9.32. The van der Waals surface area contributed by atoms with Crippen molar-refractivity contribution in [3.05, 3.63) is 22.7 Å². The molecule has 1 aromatic carbocycles. The topological polar surface area (TPSA) is 87.7 Å². The summed E-state index contributed by atoms with van der Waals surface area (Å²) in [6, 6.07) is 2.62. The molecule has 0 aliphatic heterocycles. The van der Waals surface area contributed by atoms with E-state index in [0.717, 1.165) is 6.54 Å². The molecule has 0 aliphatic carbocycles. The van der Waals surface area contributed by atoms with Gasteiger partial charge < -0.3 is 15.0 Å². The molecule has 25 heavy (non-hydrogen) atoms. The number of likely N-dealkylation sites (N-methyl/N-ethyl adjacent to an activating group) is 1. The first-order valence-electron chi connectivity index (χ1n) is 7.46. The number of carbonyl (C=O) groups is 1. The Labute approximate surface area is 160 Å². The molecule has 7 nitrogen and oxygen atoms in total. The number of sulfonamides is 1. The lowest BCUT2D eigenvalue weighted by molar-refractivity contribution is 0.0824. The van der Waals surface area contributed by atoms with Crippen molar-refractivity contribution in [3.8, 4) is 5.75 Å². The largest absolute Gasteiger partial charge is 0.494 e. The van der Waals surface area contributed by atoms with Gasteiger partial charge in [0, 0.05) is 31.7 Å². The third kappa shape index (κ3) is 6.31. The number of amides is 1. The molecule has 1 aromatic rings. The zero-order valence-electron chi connectivity index (χ0n) is 14.9. The minimum atomic E-state index is -3.89. The van der Waals surface area contributed by atoms with E-state index < -0.39 is 15.9 Å². The van der Waals surface area contributed by atoms with E-state index in [1.165, 1.54) is 24.1 Å². The number of ether oxygens (including phenoxy) is 1. The average Bonchev–Trinajstić information content (AvgIpc) is 2.51. The summed E-state index contributed by atoms with van der Waals surface area (Å²) >= 11 is 6.02. The molecule has 0 spiro atoms. The Bertz CT molecular complexity index is 696. The normalized spacial score (nSPS) is 12.2. The number of nitrogens with one attached hydrogen (secondary N) is 2. The van der Waals surface area contributed by atoms with E-state index in [1.807, 2.05) is 13.8 Å². The van der Waals surface area contributed by atoms with E-state index in [0.29, 0.717) is 0 Å². The maximum absolute atomic E-state index is 12.6. The van der Waals surface area contributed by atoms with Crippen LogP contribution in [0.2, 0.25) is 5.02 Å². The van der Waals surface area contributed by atoms with Gasteiger partial charge in [0.25, 0.3) is 5.91 Å². The highest BCUT2D eigenvalue weighted by atomic mass is 35.5. The van der Waals surface area contributed by atoms with Crippen molar-refractivity contribution in [1.82, 2.24) is 14.9 Å². The summed E-state index contributed by atoms with van der Waals surface area (Å²) < 4.78 is 32.9. The Hall–Kier alpha value is -1.06. The number of hydrogen-bond donors (Lipinski definition) is 2. The predicted molar refractivity (Wildman–Crippen MR) is 102 cm³/mol. The van der Waals surface area contributed by atoms with Gasteiger partial charge in [-0.3, -0.25) is 4.79 Å². The van der Waals surface area contributed by atoms with E-state index in [9.17, 15) is 13.2 Å². The number of halogens is 2. The standard InChI is InChI=1S/C15H24ClN3O4S.ClH/c1-6-17-10(2)9-18-24(21,22)13-8-11(16)7-12(14(13)23-5)15(20)19(3)4;/h7-8,10,17-18H,6,9H2,1-5H3;1H/t10-;/m1./s1. The molecular formula is C15H25Cl2N3O4S. The van der Waals surface area contributed by atoms with E-state index in [1.54, 1.807) is 14.1 Å². The summed E-state index contributed by atoms with van der Waals surface area (Å²) in [4.78, 5) is 13.4. The quantitative estimate of drug-likeness (QED) is 0.677. The number of rotatable bonds is 8. The second-order valence-corrected chi connectivity index (χ2v) is 7.67. The summed E-state index contributed by atoms with van der Waals surface area (Å²) in [6.07, 6.45) is 0. The second kappa shape index (κ2) is 10.2. The van der Waals surface area contributed by atoms with Gasteiger partial charge in [-0.2, -0.15) is 0 Å². The number of carbonyl (C=O) groups excluding carboxylic acids is 1. The Morgan fingerprint density at radius 2 is 1.96 bits per heavy atom. The molecular weight excluding hydrogens is 389 g/mol. The Kier molecular flexibility index (Phi) is 9.75. The molecule has 1 atom stereocenters. The third-order valence-corrected chi connectivity index (χ3v) is 4.93. The van der Waals surface area contributed by atoms with Gasteiger partial charge in [0.15, 0.2) is 5.75 Å². The molecule has 10 heteroatoms. The lowest BCUT2D eigenvalue weighted by Gasteiger charge is -2.18. The molecule has 144 valence electrons. The van der Waals surface area contributed by atoms with Crippen molar-refractivity contribution in [2.75, 3.05) is 34.3 Å².